The summed E-state index contributed by atoms with van der Waals surface area (Å²) in [6.45, 7) is 3.48. The highest BCUT2D eigenvalue weighted by molar-refractivity contribution is 7.92. The van der Waals surface area contributed by atoms with E-state index < -0.39 is 27.4 Å². The van der Waals surface area contributed by atoms with E-state index in [1.807, 2.05) is 6.92 Å². The lowest BCUT2D eigenvalue weighted by Gasteiger charge is -2.19. The molecule has 1 unspecified atom stereocenters. The molecular weight excluding hydrogens is 386 g/mol. The largest absolute Gasteiger partial charge is 0.365 e. The molecule has 2 heterocycles. The molecule has 0 saturated carbocycles. The number of benzene rings is 1. The van der Waals surface area contributed by atoms with E-state index >= 15 is 0 Å². The Morgan fingerprint density at radius 3 is 2.56 bits per heavy atom. The number of likely N-dealkylation sites (N-methyl/N-ethyl adjacent to an activating group) is 1. The van der Waals surface area contributed by atoms with E-state index in [9.17, 15) is 18.0 Å². The summed E-state index contributed by atoms with van der Waals surface area (Å²) in [5, 5.41) is 2.93. The Morgan fingerprint density at radius 2 is 1.93 bits per heavy atom. The van der Waals surface area contributed by atoms with Crippen molar-refractivity contribution in [1.29, 1.82) is 0 Å². The fourth-order valence-corrected chi connectivity index (χ4v) is 5.65. The summed E-state index contributed by atoms with van der Waals surface area (Å²) in [6, 6.07) is 6.33. The van der Waals surface area contributed by atoms with Gasteiger partial charge in [-0.3, -0.25) is 9.59 Å². The number of rotatable bonds is 5. The number of aryl methyl sites for hydroxylation is 1. The van der Waals surface area contributed by atoms with Gasteiger partial charge in [0.05, 0.1) is 28.9 Å². The number of carbonyl (C=O) groups is 2. The standard InChI is InChI=1S/C18H21N3O4S2/c1-11-3-5-12(6-4-11)27(24,25)10-15(22)20-18-16(17(19)23)13-7-8-21(2)9-14(13)26-18/h3-6H,7-10H2,1-2H3,(H2,19,23)(H,20,22)/p+1. The Hall–Kier alpha value is -2.23. The number of nitrogens with one attached hydrogen (secondary N) is 2. The number of fused-ring (bicyclic) bond motifs is 1. The second-order valence-electron chi connectivity index (χ2n) is 6.83. The van der Waals surface area contributed by atoms with Crippen LogP contribution < -0.4 is 16.0 Å². The molecule has 2 amide bonds. The highest BCUT2D eigenvalue weighted by atomic mass is 32.2. The van der Waals surface area contributed by atoms with Crippen LogP contribution in [-0.2, 0) is 27.6 Å². The second-order valence-corrected chi connectivity index (χ2v) is 9.92. The molecule has 7 nitrogen and oxygen atoms in total. The molecule has 3 rings (SSSR count). The zero-order chi connectivity index (χ0) is 19.8. The highest BCUT2D eigenvalue weighted by Gasteiger charge is 2.29. The first kappa shape index (κ1) is 19.5. The van der Waals surface area contributed by atoms with Crippen molar-refractivity contribution >= 4 is 38.0 Å². The van der Waals surface area contributed by atoms with Crippen LogP contribution in [0.4, 0.5) is 5.00 Å². The number of amides is 2. The molecule has 9 heteroatoms. The van der Waals surface area contributed by atoms with Crippen LogP contribution >= 0.6 is 11.3 Å². The third kappa shape index (κ3) is 4.20. The van der Waals surface area contributed by atoms with E-state index in [1.165, 1.54) is 28.4 Å². The monoisotopic (exact) mass is 408 g/mol. The van der Waals surface area contributed by atoms with Crippen LogP contribution in [0.2, 0.25) is 0 Å². The van der Waals surface area contributed by atoms with Gasteiger partial charge in [-0.05, 0) is 24.6 Å². The molecule has 144 valence electrons. The zero-order valence-corrected chi connectivity index (χ0v) is 16.8. The fourth-order valence-electron chi connectivity index (χ4n) is 3.13. The maximum atomic E-state index is 12.4. The van der Waals surface area contributed by atoms with Gasteiger partial charge in [0.2, 0.25) is 5.91 Å². The van der Waals surface area contributed by atoms with Gasteiger partial charge in [0.25, 0.3) is 5.91 Å². The number of quaternary nitrogens is 1. The van der Waals surface area contributed by atoms with Crippen molar-refractivity contribution in [2.75, 3.05) is 24.7 Å². The van der Waals surface area contributed by atoms with Crippen LogP contribution in [-0.4, -0.2) is 39.6 Å². The summed E-state index contributed by atoms with van der Waals surface area (Å²) >= 11 is 1.30. The molecule has 0 spiro atoms. The lowest BCUT2D eigenvalue weighted by atomic mass is 10.0. The second kappa shape index (κ2) is 7.41. The Balaban J connectivity index is 1.82. The van der Waals surface area contributed by atoms with Crippen molar-refractivity contribution in [3.63, 3.8) is 0 Å². The van der Waals surface area contributed by atoms with Crippen LogP contribution in [0, 0.1) is 6.92 Å². The van der Waals surface area contributed by atoms with Crippen molar-refractivity contribution in [2.24, 2.45) is 5.73 Å². The van der Waals surface area contributed by atoms with E-state index in [-0.39, 0.29) is 4.90 Å². The highest BCUT2D eigenvalue weighted by Crippen LogP contribution is 2.34. The molecular formula is C18H22N3O4S2+. The molecule has 2 aromatic rings. The summed E-state index contributed by atoms with van der Waals surface area (Å²) in [5.74, 6) is -1.98. The number of hydrogen-bond donors (Lipinski definition) is 3. The number of primary amides is 1. The maximum absolute atomic E-state index is 12.4. The average molecular weight is 409 g/mol. The predicted molar refractivity (Wildman–Crippen MR) is 104 cm³/mol. The van der Waals surface area contributed by atoms with E-state index in [0.717, 1.165) is 29.1 Å². The van der Waals surface area contributed by atoms with Crippen LogP contribution in [0.3, 0.4) is 0 Å². The number of hydrogen-bond acceptors (Lipinski definition) is 5. The molecule has 0 aliphatic carbocycles. The molecule has 1 aliphatic rings. The molecule has 1 atom stereocenters. The van der Waals surface area contributed by atoms with Gasteiger partial charge in [-0.15, -0.1) is 11.3 Å². The van der Waals surface area contributed by atoms with Crippen LogP contribution in [0.1, 0.15) is 26.4 Å². The molecule has 0 radical (unpaired) electrons. The van der Waals surface area contributed by atoms with Crippen LogP contribution in [0.5, 0.6) is 0 Å². The van der Waals surface area contributed by atoms with Gasteiger partial charge >= 0.3 is 0 Å². The molecule has 27 heavy (non-hydrogen) atoms. The molecule has 1 aromatic heterocycles. The van der Waals surface area contributed by atoms with Crippen molar-refractivity contribution in [2.45, 2.75) is 24.8 Å². The number of anilines is 1. The van der Waals surface area contributed by atoms with Gasteiger partial charge in [-0.1, -0.05) is 17.7 Å². The zero-order valence-electron chi connectivity index (χ0n) is 15.2. The minimum Gasteiger partial charge on any atom is -0.365 e. The van der Waals surface area contributed by atoms with Gasteiger partial charge in [0.1, 0.15) is 17.3 Å². The lowest BCUT2D eigenvalue weighted by molar-refractivity contribution is -0.895. The normalized spacial score (nSPS) is 16.6. The summed E-state index contributed by atoms with van der Waals surface area (Å²) in [7, 11) is -1.71. The molecule has 1 aromatic carbocycles. The van der Waals surface area contributed by atoms with Crippen molar-refractivity contribution < 1.29 is 22.9 Å². The van der Waals surface area contributed by atoms with Gasteiger partial charge < -0.3 is 16.0 Å². The minimum absolute atomic E-state index is 0.0917. The molecule has 1 aliphatic heterocycles. The van der Waals surface area contributed by atoms with Crippen molar-refractivity contribution in [3.05, 3.63) is 45.8 Å². The first-order valence-electron chi connectivity index (χ1n) is 8.52. The Bertz CT molecular complexity index is 994. The number of thiophene rings is 1. The summed E-state index contributed by atoms with van der Waals surface area (Å²) in [5.41, 5.74) is 7.63. The number of carbonyl (C=O) groups excluding carboxylic acids is 2. The maximum Gasteiger partial charge on any atom is 0.252 e. The predicted octanol–water partition coefficient (Wildman–Crippen LogP) is 0.139. The Morgan fingerprint density at radius 1 is 1.26 bits per heavy atom. The molecule has 0 bridgehead atoms. The van der Waals surface area contributed by atoms with E-state index in [0.29, 0.717) is 17.0 Å². The third-order valence-corrected chi connectivity index (χ3v) is 7.34. The van der Waals surface area contributed by atoms with Crippen molar-refractivity contribution in [3.8, 4) is 0 Å². The lowest BCUT2D eigenvalue weighted by Crippen LogP contribution is -3.08. The summed E-state index contributed by atoms with van der Waals surface area (Å²) < 4.78 is 24.9. The quantitative estimate of drug-likeness (QED) is 0.653. The van der Waals surface area contributed by atoms with Crippen LogP contribution in [0.25, 0.3) is 0 Å². The van der Waals surface area contributed by atoms with Gasteiger partial charge in [0.15, 0.2) is 9.84 Å². The van der Waals surface area contributed by atoms with Crippen LogP contribution in [0.15, 0.2) is 29.2 Å². The number of sulfone groups is 1. The SMILES string of the molecule is Cc1ccc(S(=O)(=O)CC(=O)Nc2sc3c(c2C(N)=O)CC[NH+](C)C3)cc1. The Labute approximate surface area is 162 Å². The Kier molecular flexibility index (Phi) is 5.36. The first-order valence-corrected chi connectivity index (χ1v) is 11.0. The topological polar surface area (TPSA) is 111 Å². The van der Waals surface area contributed by atoms with E-state index in [2.05, 4.69) is 12.4 Å². The molecule has 4 N–H and O–H groups in total. The smallest absolute Gasteiger partial charge is 0.252 e. The van der Waals surface area contributed by atoms with Gasteiger partial charge in [-0.2, -0.15) is 0 Å². The number of nitrogens with two attached hydrogens (primary N) is 1. The van der Waals surface area contributed by atoms with Gasteiger partial charge in [0, 0.05) is 6.42 Å². The summed E-state index contributed by atoms with van der Waals surface area (Å²) in [4.78, 5) is 26.7. The third-order valence-electron chi connectivity index (χ3n) is 4.56. The van der Waals surface area contributed by atoms with E-state index in [1.54, 1.807) is 12.1 Å². The summed E-state index contributed by atoms with van der Waals surface area (Å²) in [6.07, 6.45) is 0.702. The first-order chi connectivity index (χ1) is 12.7. The minimum atomic E-state index is -3.77. The average Bonchev–Trinajstić information content (AvgIpc) is 2.91. The van der Waals surface area contributed by atoms with Crippen molar-refractivity contribution in [1.82, 2.24) is 0 Å². The van der Waals surface area contributed by atoms with Gasteiger partial charge in [-0.25, -0.2) is 8.42 Å². The fraction of sp³-hybridized carbons (Fsp3) is 0.333. The molecule has 0 saturated heterocycles. The molecule has 0 fully saturated rings. The van der Waals surface area contributed by atoms with E-state index in [4.69, 9.17) is 5.73 Å².